The number of methoxy groups -OCH3 is 1. The molecular weight excluding hydrogens is 304 g/mol. The van der Waals surface area contributed by atoms with Gasteiger partial charge in [0.1, 0.15) is 5.70 Å². The van der Waals surface area contributed by atoms with E-state index in [2.05, 4.69) is 34.1 Å². The number of carbonyl (C=O) groups is 1. The van der Waals surface area contributed by atoms with Gasteiger partial charge in [-0.15, -0.1) is 0 Å². The van der Waals surface area contributed by atoms with Crippen molar-refractivity contribution >= 4 is 17.6 Å². The molecule has 0 spiro atoms. The molecule has 1 atom stereocenters. The Morgan fingerprint density at radius 3 is 2.55 bits per heavy atom. The van der Waals surface area contributed by atoms with E-state index in [4.69, 9.17) is 21.1 Å². The van der Waals surface area contributed by atoms with Crippen LogP contribution in [0.2, 0.25) is 0 Å². The average Bonchev–Trinajstić information content (AvgIpc) is 2.84. The van der Waals surface area contributed by atoms with Crippen LogP contribution in [0.25, 0.3) is 0 Å². The summed E-state index contributed by atoms with van der Waals surface area (Å²) in [6.45, 7) is 4.36. The first-order valence-electron chi connectivity index (χ1n) is 7.33. The third-order valence-electron chi connectivity index (χ3n) is 4.02. The summed E-state index contributed by atoms with van der Waals surface area (Å²) in [5.41, 5.74) is 1.97. The van der Waals surface area contributed by atoms with Gasteiger partial charge in [-0.05, 0) is 5.56 Å². The Hall–Kier alpha value is -1.56. The number of rotatable bonds is 4. The molecule has 0 aliphatic carbocycles. The van der Waals surface area contributed by atoms with Crippen molar-refractivity contribution in [2.45, 2.75) is 12.8 Å². The standard InChI is InChI=1S/C16H19ClN2O3/c1-21-16-14(13(17)15(20)22-16)19-9-7-18(8-10-19)11-12-5-3-2-4-6-12/h2-6,16H,7-11H2,1H3. The average molecular weight is 323 g/mol. The van der Waals surface area contributed by atoms with E-state index in [1.165, 1.54) is 12.7 Å². The Bertz CT molecular complexity index is 568. The monoisotopic (exact) mass is 322 g/mol. The van der Waals surface area contributed by atoms with Gasteiger partial charge in [-0.2, -0.15) is 0 Å². The van der Waals surface area contributed by atoms with Crippen LogP contribution in [0.5, 0.6) is 0 Å². The highest BCUT2D eigenvalue weighted by Gasteiger charge is 2.37. The number of cyclic esters (lactones) is 1. The van der Waals surface area contributed by atoms with Crippen molar-refractivity contribution in [3.05, 3.63) is 46.6 Å². The molecule has 118 valence electrons. The van der Waals surface area contributed by atoms with Crippen LogP contribution in [0.3, 0.4) is 0 Å². The van der Waals surface area contributed by atoms with Gasteiger partial charge in [-0.25, -0.2) is 4.79 Å². The van der Waals surface area contributed by atoms with E-state index in [0.717, 1.165) is 32.7 Å². The van der Waals surface area contributed by atoms with Gasteiger partial charge in [-0.1, -0.05) is 41.9 Å². The maximum atomic E-state index is 11.6. The van der Waals surface area contributed by atoms with E-state index in [1.54, 1.807) is 0 Å². The second-order valence-corrected chi connectivity index (χ2v) is 5.80. The summed E-state index contributed by atoms with van der Waals surface area (Å²) in [5.74, 6) is -0.504. The number of nitrogens with zero attached hydrogens (tertiary/aromatic N) is 2. The molecule has 2 heterocycles. The fourth-order valence-electron chi connectivity index (χ4n) is 2.85. The summed E-state index contributed by atoms with van der Waals surface area (Å²) < 4.78 is 10.3. The van der Waals surface area contributed by atoms with Crippen molar-refractivity contribution in [2.24, 2.45) is 0 Å². The van der Waals surface area contributed by atoms with Gasteiger partial charge in [0.05, 0.1) is 0 Å². The zero-order valence-corrected chi connectivity index (χ0v) is 13.3. The minimum atomic E-state index is -0.680. The van der Waals surface area contributed by atoms with Crippen molar-refractivity contribution in [1.82, 2.24) is 9.80 Å². The van der Waals surface area contributed by atoms with E-state index in [9.17, 15) is 4.79 Å². The van der Waals surface area contributed by atoms with Crippen LogP contribution in [0.1, 0.15) is 5.56 Å². The number of benzene rings is 1. The number of halogens is 1. The predicted molar refractivity (Wildman–Crippen MR) is 83.1 cm³/mol. The highest BCUT2D eigenvalue weighted by molar-refractivity contribution is 6.42. The van der Waals surface area contributed by atoms with Crippen molar-refractivity contribution in [2.75, 3.05) is 33.3 Å². The molecule has 1 unspecified atom stereocenters. The fraction of sp³-hybridized carbons (Fsp3) is 0.438. The quantitative estimate of drug-likeness (QED) is 0.791. The molecule has 6 heteroatoms. The van der Waals surface area contributed by atoms with Crippen molar-refractivity contribution < 1.29 is 14.3 Å². The molecule has 1 fully saturated rings. The van der Waals surface area contributed by atoms with E-state index in [-0.39, 0.29) is 5.03 Å². The molecule has 3 rings (SSSR count). The largest absolute Gasteiger partial charge is 0.425 e. The maximum absolute atomic E-state index is 11.6. The number of hydrogen-bond donors (Lipinski definition) is 0. The first-order chi connectivity index (χ1) is 10.7. The zero-order chi connectivity index (χ0) is 15.5. The number of esters is 1. The fourth-order valence-corrected chi connectivity index (χ4v) is 3.10. The number of hydrogen-bond acceptors (Lipinski definition) is 5. The Kier molecular flexibility index (Phi) is 4.66. The first kappa shape index (κ1) is 15.3. The lowest BCUT2D eigenvalue weighted by molar-refractivity contribution is -0.157. The molecule has 5 nitrogen and oxygen atoms in total. The minimum Gasteiger partial charge on any atom is -0.425 e. The third-order valence-corrected chi connectivity index (χ3v) is 4.37. The molecule has 22 heavy (non-hydrogen) atoms. The molecule has 0 bridgehead atoms. The molecule has 0 N–H and O–H groups in total. The summed E-state index contributed by atoms with van der Waals surface area (Å²) in [6.07, 6.45) is -0.680. The molecule has 0 radical (unpaired) electrons. The van der Waals surface area contributed by atoms with Crippen LogP contribution in [0.15, 0.2) is 41.1 Å². The minimum absolute atomic E-state index is 0.142. The zero-order valence-electron chi connectivity index (χ0n) is 12.5. The highest BCUT2D eigenvalue weighted by atomic mass is 35.5. The lowest BCUT2D eigenvalue weighted by Crippen LogP contribution is -2.47. The Morgan fingerprint density at radius 1 is 1.23 bits per heavy atom. The van der Waals surface area contributed by atoms with Gasteiger partial charge in [0.25, 0.3) is 0 Å². The van der Waals surface area contributed by atoms with E-state index in [1.807, 2.05) is 6.07 Å². The molecule has 1 saturated heterocycles. The summed E-state index contributed by atoms with van der Waals surface area (Å²) in [7, 11) is 1.51. The van der Waals surface area contributed by atoms with Crippen LogP contribution < -0.4 is 0 Å². The second kappa shape index (κ2) is 6.69. The molecule has 0 amide bonds. The van der Waals surface area contributed by atoms with Crippen molar-refractivity contribution in [3.63, 3.8) is 0 Å². The van der Waals surface area contributed by atoms with Crippen LogP contribution >= 0.6 is 11.6 Å². The van der Waals surface area contributed by atoms with Gasteiger partial charge in [-0.3, -0.25) is 4.90 Å². The molecule has 0 saturated carbocycles. The van der Waals surface area contributed by atoms with Crippen molar-refractivity contribution in [3.8, 4) is 0 Å². The van der Waals surface area contributed by atoms with E-state index in [0.29, 0.717) is 5.70 Å². The van der Waals surface area contributed by atoms with Crippen LogP contribution in [-0.2, 0) is 20.8 Å². The number of carbonyl (C=O) groups excluding carboxylic acids is 1. The molecule has 0 aromatic heterocycles. The van der Waals surface area contributed by atoms with Crippen LogP contribution in [-0.4, -0.2) is 55.3 Å². The van der Waals surface area contributed by atoms with E-state index < -0.39 is 12.3 Å². The number of piperazine rings is 1. The van der Waals surface area contributed by atoms with E-state index >= 15 is 0 Å². The van der Waals surface area contributed by atoms with Gasteiger partial charge in [0.2, 0.25) is 6.29 Å². The molecular formula is C16H19ClN2O3. The predicted octanol–water partition coefficient (Wildman–Crippen LogP) is 1.78. The third kappa shape index (κ3) is 3.11. The molecule has 2 aliphatic heterocycles. The normalized spacial score (nSPS) is 23.1. The van der Waals surface area contributed by atoms with Gasteiger partial charge >= 0.3 is 5.97 Å². The SMILES string of the molecule is COC1OC(=O)C(Cl)=C1N1CCN(Cc2ccccc2)CC1. The summed E-state index contributed by atoms with van der Waals surface area (Å²) in [6, 6.07) is 10.4. The van der Waals surface area contributed by atoms with Gasteiger partial charge in [0, 0.05) is 39.8 Å². The summed E-state index contributed by atoms with van der Waals surface area (Å²) in [5, 5.41) is 0.142. The molecule has 1 aromatic carbocycles. The maximum Gasteiger partial charge on any atom is 0.354 e. The second-order valence-electron chi connectivity index (χ2n) is 5.42. The van der Waals surface area contributed by atoms with Crippen molar-refractivity contribution in [1.29, 1.82) is 0 Å². The van der Waals surface area contributed by atoms with Crippen LogP contribution in [0, 0.1) is 0 Å². The lowest BCUT2D eigenvalue weighted by atomic mass is 10.2. The van der Waals surface area contributed by atoms with Gasteiger partial charge < -0.3 is 14.4 Å². The first-order valence-corrected chi connectivity index (χ1v) is 7.71. The van der Waals surface area contributed by atoms with Crippen LogP contribution in [0.4, 0.5) is 0 Å². The smallest absolute Gasteiger partial charge is 0.354 e. The Balaban J connectivity index is 1.61. The lowest BCUT2D eigenvalue weighted by Gasteiger charge is -2.37. The highest BCUT2D eigenvalue weighted by Crippen LogP contribution is 2.29. The Morgan fingerprint density at radius 2 is 1.91 bits per heavy atom. The van der Waals surface area contributed by atoms with Gasteiger partial charge in [0.15, 0.2) is 5.03 Å². The summed E-state index contributed by atoms with van der Waals surface area (Å²) >= 11 is 6.07. The molecule has 2 aliphatic rings. The number of ether oxygens (including phenoxy) is 2. The Labute approximate surface area is 135 Å². The topological polar surface area (TPSA) is 42.0 Å². The summed E-state index contributed by atoms with van der Waals surface area (Å²) in [4.78, 5) is 16.0. The molecule has 1 aromatic rings.